The molecule has 0 aliphatic heterocycles. The van der Waals surface area contributed by atoms with Crippen molar-refractivity contribution in [3.63, 3.8) is 0 Å². The van der Waals surface area contributed by atoms with Crippen LogP contribution in [-0.4, -0.2) is 74.5 Å². The molecule has 14 heteroatoms. The molecule has 0 saturated carbocycles. The van der Waals surface area contributed by atoms with Crippen molar-refractivity contribution < 1.29 is 38.1 Å². The molecule has 434 valence electrons. The van der Waals surface area contributed by atoms with Crippen LogP contribution in [0.1, 0.15) is 136 Å². The molecule has 14 nitrogen and oxygen atoms in total. The normalized spacial score (nSPS) is 12.0. The summed E-state index contributed by atoms with van der Waals surface area (Å²) in [5, 5.41) is 2.68. The Labute approximate surface area is 486 Å². The van der Waals surface area contributed by atoms with E-state index in [1.54, 1.807) is 20.8 Å². The van der Waals surface area contributed by atoms with Crippen LogP contribution < -0.4 is 20.5 Å². The molecule has 0 radical (unpaired) electrons. The largest absolute Gasteiger partial charge is 0.494 e. The van der Waals surface area contributed by atoms with Crippen LogP contribution in [0.25, 0.3) is 45.0 Å². The minimum Gasteiger partial charge on any atom is -0.494 e. The van der Waals surface area contributed by atoms with E-state index in [1.807, 2.05) is 173 Å². The van der Waals surface area contributed by atoms with Crippen molar-refractivity contribution in [1.82, 2.24) is 25.3 Å². The van der Waals surface area contributed by atoms with E-state index in [0.29, 0.717) is 18.1 Å². The second kappa shape index (κ2) is 32.5. The molecule has 0 fully saturated rings. The van der Waals surface area contributed by atoms with E-state index in [4.69, 9.17) is 29.4 Å². The van der Waals surface area contributed by atoms with Crippen LogP contribution in [0.5, 0.6) is 11.5 Å². The average Bonchev–Trinajstić information content (AvgIpc) is 3.48. The Morgan fingerprint density at radius 3 is 1.29 bits per heavy atom. The summed E-state index contributed by atoms with van der Waals surface area (Å²) in [6, 6.07) is 39.2. The van der Waals surface area contributed by atoms with Gasteiger partial charge in [0.05, 0.1) is 13.2 Å². The number of benzene rings is 5. The van der Waals surface area contributed by atoms with Gasteiger partial charge >= 0.3 is 18.0 Å². The van der Waals surface area contributed by atoms with E-state index < -0.39 is 41.3 Å². The van der Waals surface area contributed by atoms with Crippen LogP contribution in [-0.2, 0) is 43.2 Å². The van der Waals surface area contributed by atoms with E-state index in [2.05, 4.69) is 39.1 Å². The number of hydrogen-bond acceptors (Lipinski definition) is 13. The first-order valence-electron chi connectivity index (χ1n) is 28.9. The first-order valence-corrected chi connectivity index (χ1v) is 28.9. The van der Waals surface area contributed by atoms with Crippen molar-refractivity contribution in [2.75, 3.05) is 13.2 Å². The zero-order valence-electron chi connectivity index (χ0n) is 49.3. The van der Waals surface area contributed by atoms with Gasteiger partial charge in [-0.05, 0) is 113 Å². The summed E-state index contributed by atoms with van der Waals surface area (Å²) in [6.45, 7) is 16.9. The van der Waals surface area contributed by atoms with Crippen LogP contribution in [0.3, 0.4) is 0 Å². The third-order valence-electron chi connectivity index (χ3n) is 12.9. The quantitative estimate of drug-likeness (QED) is 0.0282. The number of carbonyl (C=O) groups excluding carboxylic acids is 3. The molecule has 7 rings (SSSR count). The van der Waals surface area contributed by atoms with Crippen molar-refractivity contribution in [2.24, 2.45) is 5.73 Å². The zero-order valence-corrected chi connectivity index (χ0v) is 49.3. The summed E-state index contributed by atoms with van der Waals surface area (Å²) in [5.74, 6) is 2.05. The molecular formula is C68H84N6O8. The molecule has 5 aromatic carbocycles. The lowest BCUT2D eigenvalue weighted by Gasteiger charge is -2.24. The molecule has 2 aromatic heterocycles. The number of hydrogen-bond donors (Lipinski definition) is 2. The Morgan fingerprint density at radius 1 is 0.463 bits per heavy atom. The molecule has 2 atom stereocenters. The van der Waals surface area contributed by atoms with E-state index in [0.717, 1.165) is 87.6 Å². The first kappa shape index (κ1) is 63.2. The molecule has 0 spiro atoms. The molecule has 0 saturated heterocycles. The van der Waals surface area contributed by atoms with Crippen LogP contribution in [0.4, 0.5) is 4.79 Å². The first-order chi connectivity index (χ1) is 39.4. The number of nitrogens with zero attached hydrogens (tertiary/aromatic N) is 4. The fourth-order valence-electron chi connectivity index (χ4n) is 8.53. The third kappa shape index (κ3) is 22.5. The van der Waals surface area contributed by atoms with Gasteiger partial charge < -0.3 is 34.7 Å². The molecule has 0 aliphatic carbocycles. The number of aromatic nitrogens is 4. The summed E-state index contributed by atoms with van der Waals surface area (Å²) >= 11 is 0. The second-order valence-corrected chi connectivity index (χ2v) is 22.4. The summed E-state index contributed by atoms with van der Waals surface area (Å²) < 4.78 is 28.0. The minimum atomic E-state index is -0.925. The van der Waals surface area contributed by atoms with E-state index in [9.17, 15) is 14.4 Å². The van der Waals surface area contributed by atoms with Crippen molar-refractivity contribution in [3.8, 4) is 56.5 Å². The predicted molar refractivity (Wildman–Crippen MR) is 325 cm³/mol. The fraction of sp³-hybridized carbons (Fsp3) is 0.397. The van der Waals surface area contributed by atoms with Gasteiger partial charge in [-0.15, -0.1) is 0 Å². The molecule has 1 amide bonds. The molecule has 0 bridgehead atoms. The summed E-state index contributed by atoms with van der Waals surface area (Å²) in [4.78, 5) is 56.0. The van der Waals surface area contributed by atoms with E-state index in [-0.39, 0.29) is 13.0 Å². The molecule has 0 unspecified atom stereocenters. The summed E-state index contributed by atoms with van der Waals surface area (Å²) in [6.07, 6.45) is 19.4. The zero-order chi connectivity index (χ0) is 58.7. The standard InChI is InChI=1S/C38H45N3O5.C30H39N3O3/c1-5-6-7-8-12-23-44-33-21-19-30(20-22-33)32-25-39-35(40-26-32)31-17-15-28(16-18-31)24-34(36(42)46-38(2,3)4)41-37(43)45-27-29-13-10-9-11-14-29;1-5-6-7-8-9-18-35-26-16-14-23(15-17-26)25-20-32-28(33-21-25)24-12-10-22(11-13-24)19-27(31)29(34)36-30(2,3)4/h9-11,13-22,25-26,34H,5-8,12,23-24,27H2,1-4H3,(H,41,43);10-17,20-21,27H,5-9,18-19,31H2,1-4H3/t34-;27-/m00/s1. The monoisotopic (exact) mass is 1110 g/mol. The van der Waals surface area contributed by atoms with Gasteiger partial charge in [-0.25, -0.2) is 29.5 Å². The van der Waals surface area contributed by atoms with Gasteiger partial charge in [-0.3, -0.25) is 4.79 Å². The van der Waals surface area contributed by atoms with Gasteiger partial charge in [0, 0.05) is 53.5 Å². The van der Waals surface area contributed by atoms with Crippen LogP contribution in [0.2, 0.25) is 0 Å². The Balaban J connectivity index is 0.000000272. The van der Waals surface area contributed by atoms with Gasteiger partial charge in [0.15, 0.2) is 11.6 Å². The van der Waals surface area contributed by atoms with Gasteiger partial charge in [0.1, 0.15) is 41.4 Å². The summed E-state index contributed by atoms with van der Waals surface area (Å²) in [7, 11) is 0. The highest BCUT2D eigenvalue weighted by Gasteiger charge is 2.28. The number of alkyl carbamates (subject to hydrolysis) is 1. The Hall–Kier alpha value is -7.97. The maximum Gasteiger partial charge on any atom is 0.408 e. The number of amides is 1. The number of unbranched alkanes of at least 4 members (excludes halogenated alkanes) is 8. The molecule has 0 aliphatic rings. The van der Waals surface area contributed by atoms with E-state index in [1.165, 1.54) is 51.4 Å². The third-order valence-corrected chi connectivity index (χ3v) is 12.9. The van der Waals surface area contributed by atoms with Crippen molar-refractivity contribution in [3.05, 3.63) is 169 Å². The topological polar surface area (TPSA) is 187 Å². The lowest BCUT2D eigenvalue weighted by atomic mass is 10.0. The Kier molecular flexibility index (Phi) is 25.0. The molecule has 3 N–H and O–H groups in total. The van der Waals surface area contributed by atoms with Gasteiger partial charge in [-0.1, -0.05) is 168 Å². The summed E-state index contributed by atoms with van der Waals surface area (Å²) in [5.41, 5.74) is 13.1. The lowest BCUT2D eigenvalue weighted by molar-refractivity contribution is -0.158. The van der Waals surface area contributed by atoms with Gasteiger partial charge in [-0.2, -0.15) is 0 Å². The number of carbonyl (C=O) groups is 3. The maximum atomic E-state index is 13.0. The van der Waals surface area contributed by atoms with Gasteiger partial charge in [0.2, 0.25) is 0 Å². The van der Waals surface area contributed by atoms with Crippen LogP contribution >= 0.6 is 0 Å². The molecule has 7 aromatic rings. The Morgan fingerprint density at radius 2 is 0.866 bits per heavy atom. The highest BCUT2D eigenvalue weighted by molar-refractivity contribution is 5.82. The number of ether oxygens (including phenoxy) is 5. The van der Waals surface area contributed by atoms with Crippen LogP contribution in [0, 0.1) is 0 Å². The van der Waals surface area contributed by atoms with Crippen molar-refractivity contribution in [1.29, 1.82) is 0 Å². The van der Waals surface area contributed by atoms with Crippen molar-refractivity contribution >= 4 is 18.0 Å². The molecular weight excluding hydrogens is 1030 g/mol. The predicted octanol–water partition coefficient (Wildman–Crippen LogP) is 14.7. The number of nitrogens with two attached hydrogens (primary N) is 1. The van der Waals surface area contributed by atoms with Crippen LogP contribution in [0.15, 0.2) is 152 Å². The highest BCUT2D eigenvalue weighted by atomic mass is 16.6. The minimum absolute atomic E-state index is 0.0974. The highest BCUT2D eigenvalue weighted by Crippen LogP contribution is 2.26. The number of nitrogens with one attached hydrogen (secondary N) is 1. The second-order valence-electron chi connectivity index (χ2n) is 22.4. The number of esters is 2. The van der Waals surface area contributed by atoms with E-state index >= 15 is 0 Å². The SMILES string of the molecule is CCCCCCCOc1ccc(-c2cnc(-c3ccc(C[C@H](N)C(=O)OC(C)(C)C)cc3)nc2)cc1.CCCCCCCOc1ccc(-c2cnc(-c3ccc(C[C@H](NC(=O)OCc4ccccc4)C(=O)OC(C)(C)C)cc3)nc2)cc1. The lowest BCUT2D eigenvalue weighted by Crippen LogP contribution is -2.45. The molecule has 2 heterocycles. The Bertz CT molecular complexity index is 2980. The maximum absolute atomic E-state index is 13.0. The van der Waals surface area contributed by atoms with Crippen molar-refractivity contribution in [2.45, 2.75) is 162 Å². The fourth-order valence-corrected chi connectivity index (χ4v) is 8.53. The smallest absolute Gasteiger partial charge is 0.408 e. The molecule has 82 heavy (non-hydrogen) atoms. The number of rotatable bonds is 27. The average molecular weight is 1110 g/mol. The van der Waals surface area contributed by atoms with Gasteiger partial charge in [0.25, 0.3) is 0 Å².